The molecule has 1 aliphatic rings. The van der Waals surface area contributed by atoms with Crippen LogP contribution >= 0.6 is 34.3 Å². The lowest BCUT2D eigenvalue weighted by molar-refractivity contribution is 0.0954. The Morgan fingerprint density at radius 2 is 2.19 bits per heavy atom. The summed E-state index contributed by atoms with van der Waals surface area (Å²) in [5.41, 5.74) is 0.857. The molecule has 0 saturated carbocycles. The zero-order valence-corrected chi connectivity index (χ0v) is 16.0. The van der Waals surface area contributed by atoms with Crippen LogP contribution < -0.4 is 14.8 Å². The van der Waals surface area contributed by atoms with Crippen molar-refractivity contribution in [1.82, 2.24) is 10.3 Å². The van der Waals surface area contributed by atoms with Crippen LogP contribution in [0.15, 0.2) is 35.8 Å². The number of benzene rings is 1. The molecular weight excluding hydrogens is 392 g/mol. The lowest BCUT2D eigenvalue weighted by atomic mass is 10.2. The zero-order valence-electron chi connectivity index (χ0n) is 13.7. The highest BCUT2D eigenvalue weighted by molar-refractivity contribution is 7.21. The fourth-order valence-electron chi connectivity index (χ4n) is 2.55. The van der Waals surface area contributed by atoms with Crippen LogP contribution in [0.4, 0.5) is 0 Å². The molecule has 0 bridgehead atoms. The van der Waals surface area contributed by atoms with E-state index in [0.29, 0.717) is 41.2 Å². The molecule has 2 aromatic heterocycles. The molecule has 1 N–H and O–H groups in total. The highest BCUT2D eigenvalue weighted by Gasteiger charge is 2.17. The number of hydrogen-bond donors (Lipinski definition) is 1. The molecule has 0 saturated heterocycles. The average Bonchev–Trinajstić information content (AvgIpc) is 3.27. The third-order valence-corrected chi connectivity index (χ3v) is 6.09. The minimum atomic E-state index is -0.159. The summed E-state index contributed by atoms with van der Waals surface area (Å²) in [7, 11) is 0. The van der Waals surface area contributed by atoms with E-state index >= 15 is 0 Å². The second kappa shape index (κ2) is 7.65. The number of carbonyl (C=O) groups is 1. The first-order valence-corrected chi connectivity index (χ1v) is 10.1. The molecule has 8 heteroatoms. The summed E-state index contributed by atoms with van der Waals surface area (Å²) < 4.78 is 11.3. The Kier molecular flexibility index (Phi) is 5.10. The van der Waals surface area contributed by atoms with Gasteiger partial charge in [0, 0.05) is 13.0 Å². The van der Waals surface area contributed by atoms with Crippen LogP contribution in [-0.4, -0.2) is 24.1 Å². The van der Waals surface area contributed by atoms with Crippen molar-refractivity contribution in [3.63, 3.8) is 0 Å². The number of rotatable bonds is 4. The number of nitrogens with one attached hydrogen (secondary N) is 1. The van der Waals surface area contributed by atoms with Crippen molar-refractivity contribution in [3.05, 3.63) is 51.3 Å². The van der Waals surface area contributed by atoms with Crippen LogP contribution in [0.5, 0.6) is 11.5 Å². The quantitative estimate of drug-likeness (QED) is 0.687. The van der Waals surface area contributed by atoms with Crippen LogP contribution in [0.2, 0.25) is 5.02 Å². The van der Waals surface area contributed by atoms with Gasteiger partial charge >= 0.3 is 0 Å². The van der Waals surface area contributed by atoms with Crippen molar-refractivity contribution in [2.45, 2.75) is 13.0 Å². The maximum atomic E-state index is 12.4. The molecule has 1 amide bonds. The molecule has 0 spiro atoms. The molecule has 0 fully saturated rings. The second-order valence-corrected chi connectivity index (χ2v) is 8.03. The molecule has 0 atom stereocenters. The van der Waals surface area contributed by atoms with Crippen LogP contribution in [-0.2, 0) is 6.54 Å². The third kappa shape index (κ3) is 3.70. The smallest absolute Gasteiger partial charge is 0.263 e. The molecule has 4 rings (SSSR count). The van der Waals surface area contributed by atoms with Gasteiger partial charge in [0.2, 0.25) is 0 Å². The van der Waals surface area contributed by atoms with Crippen molar-refractivity contribution in [2.24, 2.45) is 0 Å². The maximum absolute atomic E-state index is 12.4. The number of amides is 1. The van der Waals surface area contributed by atoms with Crippen molar-refractivity contribution in [2.75, 3.05) is 13.2 Å². The topological polar surface area (TPSA) is 60.5 Å². The summed E-state index contributed by atoms with van der Waals surface area (Å²) in [4.78, 5) is 18.4. The minimum Gasteiger partial charge on any atom is -0.489 e. The highest BCUT2D eigenvalue weighted by Crippen LogP contribution is 2.38. The van der Waals surface area contributed by atoms with Crippen LogP contribution in [0, 0.1) is 0 Å². The molecule has 26 heavy (non-hydrogen) atoms. The molecule has 1 aromatic carbocycles. The minimum absolute atomic E-state index is 0.159. The van der Waals surface area contributed by atoms with E-state index < -0.39 is 0 Å². The van der Waals surface area contributed by atoms with E-state index in [4.69, 9.17) is 21.1 Å². The van der Waals surface area contributed by atoms with Gasteiger partial charge in [0.25, 0.3) is 5.91 Å². The Morgan fingerprint density at radius 3 is 3.04 bits per heavy atom. The van der Waals surface area contributed by atoms with E-state index in [1.54, 1.807) is 23.6 Å². The Morgan fingerprint density at radius 1 is 1.31 bits per heavy atom. The molecule has 0 aliphatic carbocycles. The normalized spacial score (nSPS) is 13.3. The zero-order chi connectivity index (χ0) is 17.9. The van der Waals surface area contributed by atoms with Gasteiger partial charge in [0.15, 0.2) is 11.5 Å². The molecule has 3 heterocycles. The van der Waals surface area contributed by atoms with Gasteiger partial charge in [-0.2, -0.15) is 0 Å². The van der Waals surface area contributed by atoms with Gasteiger partial charge in [-0.05, 0) is 29.1 Å². The summed E-state index contributed by atoms with van der Waals surface area (Å²) in [6.45, 7) is 1.52. The largest absolute Gasteiger partial charge is 0.489 e. The summed E-state index contributed by atoms with van der Waals surface area (Å²) >= 11 is 9.27. The molecule has 3 aromatic rings. The Bertz CT molecular complexity index is 925. The lowest BCUT2D eigenvalue weighted by Crippen LogP contribution is -2.21. The summed E-state index contributed by atoms with van der Waals surface area (Å²) in [5.74, 6) is 1.04. The first-order chi connectivity index (χ1) is 12.7. The average molecular weight is 407 g/mol. The highest BCUT2D eigenvalue weighted by atomic mass is 35.5. The number of nitrogens with zero attached hydrogens (tertiary/aromatic N) is 1. The summed E-state index contributed by atoms with van der Waals surface area (Å²) in [6.07, 6.45) is 2.42. The number of thiazole rings is 1. The lowest BCUT2D eigenvalue weighted by Gasteiger charge is -2.12. The number of halogens is 1. The van der Waals surface area contributed by atoms with Gasteiger partial charge in [-0.1, -0.05) is 17.7 Å². The van der Waals surface area contributed by atoms with E-state index in [9.17, 15) is 4.79 Å². The third-order valence-electron chi connectivity index (χ3n) is 3.78. The summed E-state index contributed by atoms with van der Waals surface area (Å²) in [6, 6.07) is 7.61. The molecular formula is C18H15ClN2O3S2. The standard InChI is InChI=1S/C18H15ClN2O3S2/c19-12-7-11(8-13-16(12)24-5-2-4-23-13)9-20-17(22)15-10-21-18(26-15)14-3-1-6-25-14/h1,3,6-8,10H,2,4-5,9H2,(H,20,22). The Labute approximate surface area is 163 Å². The first-order valence-electron chi connectivity index (χ1n) is 8.06. The van der Waals surface area contributed by atoms with E-state index in [1.807, 2.05) is 23.6 Å². The first kappa shape index (κ1) is 17.3. The predicted molar refractivity (Wildman–Crippen MR) is 104 cm³/mol. The van der Waals surface area contributed by atoms with E-state index in [1.165, 1.54) is 11.3 Å². The number of fused-ring (bicyclic) bond motifs is 1. The van der Waals surface area contributed by atoms with Crippen molar-refractivity contribution in [1.29, 1.82) is 0 Å². The summed E-state index contributed by atoms with van der Waals surface area (Å²) in [5, 5.41) is 6.24. The van der Waals surface area contributed by atoms with Gasteiger partial charge in [-0.3, -0.25) is 4.79 Å². The van der Waals surface area contributed by atoms with Gasteiger partial charge in [0.05, 0.1) is 29.3 Å². The van der Waals surface area contributed by atoms with Gasteiger partial charge in [-0.15, -0.1) is 22.7 Å². The van der Waals surface area contributed by atoms with E-state index in [0.717, 1.165) is 21.9 Å². The molecule has 0 radical (unpaired) electrons. The van der Waals surface area contributed by atoms with Crippen LogP contribution in [0.3, 0.4) is 0 Å². The molecule has 1 aliphatic heterocycles. The van der Waals surface area contributed by atoms with Gasteiger partial charge in [0.1, 0.15) is 9.88 Å². The van der Waals surface area contributed by atoms with Crippen LogP contribution in [0.25, 0.3) is 9.88 Å². The monoisotopic (exact) mass is 406 g/mol. The van der Waals surface area contributed by atoms with Crippen molar-refractivity contribution < 1.29 is 14.3 Å². The van der Waals surface area contributed by atoms with E-state index in [-0.39, 0.29) is 5.91 Å². The van der Waals surface area contributed by atoms with Crippen molar-refractivity contribution in [3.8, 4) is 21.4 Å². The Hall–Kier alpha value is -2.09. The van der Waals surface area contributed by atoms with Gasteiger partial charge in [-0.25, -0.2) is 4.98 Å². The second-order valence-electron chi connectivity index (χ2n) is 5.65. The number of aromatic nitrogens is 1. The number of carbonyl (C=O) groups excluding carboxylic acids is 1. The molecule has 134 valence electrons. The number of thiophene rings is 1. The SMILES string of the molecule is O=C(NCc1cc(Cl)c2c(c1)OCCCO2)c1cnc(-c2cccs2)s1. The predicted octanol–water partition coefficient (Wildman–Crippen LogP) is 4.62. The Balaban J connectivity index is 1.45. The van der Waals surface area contributed by atoms with Gasteiger partial charge < -0.3 is 14.8 Å². The van der Waals surface area contributed by atoms with Crippen molar-refractivity contribution >= 4 is 40.2 Å². The number of ether oxygens (including phenoxy) is 2. The molecule has 5 nitrogen and oxygen atoms in total. The number of hydrogen-bond acceptors (Lipinski definition) is 6. The van der Waals surface area contributed by atoms with E-state index in [2.05, 4.69) is 10.3 Å². The molecule has 0 unspecified atom stereocenters. The van der Waals surface area contributed by atoms with Crippen LogP contribution in [0.1, 0.15) is 21.7 Å². The fraction of sp³-hybridized carbons (Fsp3) is 0.222. The fourth-order valence-corrected chi connectivity index (χ4v) is 4.47. The maximum Gasteiger partial charge on any atom is 0.263 e.